The average Bonchev–Trinajstić information content (AvgIpc) is 3.61. The number of benzene rings is 2. The highest BCUT2D eigenvalue weighted by Crippen LogP contribution is 2.43. The molecule has 3 amide bonds. The highest BCUT2D eigenvalue weighted by atomic mass is 79.9. The van der Waals surface area contributed by atoms with Crippen molar-refractivity contribution in [3.8, 4) is 0 Å². The molecule has 3 N–H and O–H groups in total. The molecule has 4 aliphatic rings. The Morgan fingerprint density at radius 1 is 1.07 bits per heavy atom. The molecule has 4 aliphatic heterocycles. The van der Waals surface area contributed by atoms with Crippen molar-refractivity contribution in [1.82, 2.24) is 25.0 Å². The summed E-state index contributed by atoms with van der Waals surface area (Å²) >= 11 is 3.57. The van der Waals surface area contributed by atoms with E-state index in [0.29, 0.717) is 6.54 Å². The molecule has 42 heavy (non-hydrogen) atoms. The molecule has 222 valence electrons. The van der Waals surface area contributed by atoms with Crippen LogP contribution in [0.2, 0.25) is 0 Å². The number of nitrogens with zero attached hydrogens (tertiary/aromatic N) is 3. The van der Waals surface area contributed by atoms with Crippen LogP contribution in [-0.2, 0) is 27.3 Å². The summed E-state index contributed by atoms with van der Waals surface area (Å²) in [6.45, 7) is 3.19. The Morgan fingerprint density at radius 3 is 2.50 bits per heavy atom. The number of β-amino-alcohol motifs (C(OH)–C–C–N with tert-alkyl or cyclic N) is 1. The molecule has 0 spiro atoms. The van der Waals surface area contributed by atoms with E-state index in [-0.39, 0.29) is 31.2 Å². The number of H-pyrrole nitrogens is 1. The zero-order valence-corrected chi connectivity index (χ0v) is 25.5. The Balaban J connectivity index is 1.24. The Hall–Kier alpha value is -3.21. The van der Waals surface area contributed by atoms with Crippen LogP contribution in [0.4, 0.5) is 0 Å². The summed E-state index contributed by atoms with van der Waals surface area (Å²) in [6, 6.07) is 14.0. The third kappa shape index (κ3) is 5.59. The van der Waals surface area contributed by atoms with E-state index in [2.05, 4.69) is 31.1 Å². The zero-order valence-electron chi connectivity index (χ0n) is 23.9. The van der Waals surface area contributed by atoms with Crippen molar-refractivity contribution in [3.63, 3.8) is 0 Å². The van der Waals surface area contributed by atoms with Gasteiger partial charge in [0, 0.05) is 54.6 Å². The standard InChI is InChI=1S/C32H38BrN5O4/c1-36(19-21-6-2-4-8-25(21)33)30(41)27(16-22-18-34-26-9-5-3-7-24(22)26)35-29(40)28-17-23(39)20-38(28)31(42)32-10-13-37(14-11-32)15-12-32/h2-9,18,23,27-28,34,39H,10-17,19-20H2,1H3,(H,35,40)/t23-,27?,28?/m1/s1. The predicted molar refractivity (Wildman–Crippen MR) is 163 cm³/mol. The van der Waals surface area contributed by atoms with E-state index in [9.17, 15) is 19.5 Å². The summed E-state index contributed by atoms with van der Waals surface area (Å²) in [5.41, 5.74) is 2.38. The van der Waals surface area contributed by atoms with E-state index in [1.165, 1.54) is 0 Å². The van der Waals surface area contributed by atoms with Crippen molar-refractivity contribution < 1.29 is 19.5 Å². The van der Waals surface area contributed by atoms with E-state index in [0.717, 1.165) is 65.4 Å². The maximum Gasteiger partial charge on any atom is 0.245 e. The maximum atomic E-state index is 14.0. The van der Waals surface area contributed by atoms with Gasteiger partial charge in [-0.25, -0.2) is 0 Å². The highest BCUT2D eigenvalue weighted by molar-refractivity contribution is 9.10. The number of para-hydroxylation sites is 1. The molecule has 10 heteroatoms. The van der Waals surface area contributed by atoms with Crippen molar-refractivity contribution in [2.45, 2.75) is 56.8 Å². The molecule has 0 saturated carbocycles. The van der Waals surface area contributed by atoms with Crippen molar-refractivity contribution in [2.24, 2.45) is 5.41 Å². The molecule has 4 fully saturated rings. The summed E-state index contributed by atoms with van der Waals surface area (Å²) in [5, 5.41) is 14.6. The molecule has 2 unspecified atom stereocenters. The van der Waals surface area contributed by atoms with Gasteiger partial charge < -0.3 is 30.1 Å². The lowest BCUT2D eigenvalue weighted by Crippen LogP contribution is -2.59. The van der Waals surface area contributed by atoms with Gasteiger partial charge in [0.1, 0.15) is 12.1 Å². The SMILES string of the molecule is CN(Cc1ccccc1Br)C(=O)C(Cc1c[nH]c2ccccc12)NC(=O)C1C[C@@H](O)CN1C(=O)C12CCN(CC1)CC2. The number of fused-ring (bicyclic) bond motifs is 4. The first-order valence-electron chi connectivity index (χ1n) is 14.8. The molecule has 5 heterocycles. The Kier molecular flexibility index (Phi) is 8.13. The van der Waals surface area contributed by atoms with Gasteiger partial charge in [0.2, 0.25) is 17.7 Å². The van der Waals surface area contributed by atoms with Crippen LogP contribution in [-0.4, -0.2) is 93.9 Å². The minimum atomic E-state index is -0.852. The minimum absolute atomic E-state index is 0.0240. The molecule has 0 radical (unpaired) electrons. The molecule has 7 rings (SSSR count). The third-order valence-electron chi connectivity index (χ3n) is 9.47. The van der Waals surface area contributed by atoms with Gasteiger partial charge >= 0.3 is 0 Å². The van der Waals surface area contributed by atoms with Crippen LogP contribution in [0.25, 0.3) is 10.9 Å². The number of aromatic nitrogens is 1. The number of aliphatic hydroxyl groups excluding tert-OH is 1. The lowest BCUT2D eigenvalue weighted by atomic mass is 9.71. The topological polar surface area (TPSA) is 109 Å². The van der Waals surface area contributed by atoms with Crippen molar-refractivity contribution >= 4 is 44.6 Å². The molecule has 2 aromatic carbocycles. The van der Waals surface area contributed by atoms with Crippen LogP contribution in [0, 0.1) is 5.41 Å². The predicted octanol–water partition coefficient (Wildman–Crippen LogP) is 3.06. The number of carbonyl (C=O) groups excluding carboxylic acids is 3. The van der Waals surface area contributed by atoms with E-state index in [4.69, 9.17) is 0 Å². The van der Waals surface area contributed by atoms with Crippen LogP contribution in [0.15, 0.2) is 59.2 Å². The first kappa shape index (κ1) is 28.9. The van der Waals surface area contributed by atoms with Crippen molar-refractivity contribution in [3.05, 3.63) is 70.3 Å². The maximum absolute atomic E-state index is 14.0. The normalized spacial score (nSPS) is 25.9. The number of nitrogens with one attached hydrogen (secondary N) is 2. The van der Waals surface area contributed by atoms with Crippen LogP contribution < -0.4 is 5.32 Å². The number of likely N-dealkylation sites (tertiary alicyclic amines) is 1. The van der Waals surface area contributed by atoms with E-state index in [1.807, 2.05) is 54.7 Å². The molecule has 4 saturated heterocycles. The fourth-order valence-electron chi connectivity index (χ4n) is 6.95. The Bertz CT molecular complexity index is 1470. The average molecular weight is 637 g/mol. The summed E-state index contributed by atoms with van der Waals surface area (Å²) < 4.78 is 0.906. The first-order valence-corrected chi connectivity index (χ1v) is 15.6. The number of halogens is 1. The van der Waals surface area contributed by atoms with Gasteiger partial charge in [0.25, 0.3) is 0 Å². The number of likely N-dealkylation sites (N-methyl/N-ethyl adjacent to an activating group) is 1. The summed E-state index contributed by atoms with van der Waals surface area (Å²) in [7, 11) is 1.74. The third-order valence-corrected chi connectivity index (χ3v) is 10.2. The second kappa shape index (κ2) is 11.8. The molecule has 9 nitrogen and oxygen atoms in total. The number of piperidine rings is 3. The van der Waals surface area contributed by atoms with Crippen LogP contribution in [0.5, 0.6) is 0 Å². The van der Waals surface area contributed by atoms with Crippen LogP contribution in [0.3, 0.4) is 0 Å². The molecule has 0 aliphatic carbocycles. The summed E-state index contributed by atoms with van der Waals surface area (Å²) in [6.07, 6.45) is 3.93. The van der Waals surface area contributed by atoms with Gasteiger partial charge in [-0.3, -0.25) is 14.4 Å². The Labute approximate surface area is 254 Å². The van der Waals surface area contributed by atoms with Gasteiger partial charge in [-0.2, -0.15) is 0 Å². The quantitative estimate of drug-likeness (QED) is 0.353. The number of carbonyl (C=O) groups is 3. The lowest BCUT2D eigenvalue weighted by Gasteiger charge is -2.49. The van der Waals surface area contributed by atoms with E-state index >= 15 is 0 Å². The van der Waals surface area contributed by atoms with Crippen molar-refractivity contribution in [2.75, 3.05) is 33.2 Å². The summed E-state index contributed by atoms with van der Waals surface area (Å²) in [4.78, 5) is 50.7. The number of hydrogen-bond acceptors (Lipinski definition) is 5. The highest BCUT2D eigenvalue weighted by Gasteiger charge is 2.51. The number of aliphatic hydroxyl groups is 1. The van der Waals surface area contributed by atoms with Crippen LogP contribution in [0.1, 0.15) is 36.8 Å². The van der Waals surface area contributed by atoms with Crippen molar-refractivity contribution in [1.29, 1.82) is 0 Å². The second-order valence-electron chi connectivity index (χ2n) is 12.1. The van der Waals surface area contributed by atoms with Gasteiger partial charge in [0.05, 0.1) is 11.5 Å². The molecular weight excluding hydrogens is 598 g/mol. The molecule has 3 aromatic rings. The van der Waals surface area contributed by atoms with E-state index in [1.54, 1.807) is 16.8 Å². The molecule has 2 bridgehead atoms. The van der Waals surface area contributed by atoms with Gasteiger partial charge in [-0.05, 0) is 62.2 Å². The van der Waals surface area contributed by atoms with Gasteiger partial charge in [-0.1, -0.05) is 52.3 Å². The second-order valence-corrected chi connectivity index (χ2v) is 13.0. The smallest absolute Gasteiger partial charge is 0.245 e. The number of hydrogen-bond donors (Lipinski definition) is 3. The minimum Gasteiger partial charge on any atom is -0.391 e. The number of rotatable bonds is 8. The molecule has 3 atom stereocenters. The monoisotopic (exact) mass is 635 g/mol. The fourth-order valence-corrected chi connectivity index (χ4v) is 7.36. The first-order chi connectivity index (χ1) is 20.2. The Morgan fingerprint density at radius 2 is 1.76 bits per heavy atom. The number of aromatic amines is 1. The zero-order chi connectivity index (χ0) is 29.4. The largest absolute Gasteiger partial charge is 0.391 e. The fraction of sp³-hybridized carbons (Fsp3) is 0.469. The number of amides is 3. The van der Waals surface area contributed by atoms with Gasteiger partial charge in [0.15, 0.2) is 0 Å². The lowest BCUT2D eigenvalue weighted by molar-refractivity contribution is -0.154. The van der Waals surface area contributed by atoms with E-state index < -0.39 is 29.5 Å². The molecule has 1 aromatic heterocycles. The van der Waals surface area contributed by atoms with Gasteiger partial charge in [-0.15, -0.1) is 0 Å². The molecular formula is C32H38BrN5O4. The van der Waals surface area contributed by atoms with Crippen LogP contribution >= 0.6 is 15.9 Å². The summed E-state index contributed by atoms with van der Waals surface area (Å²) in [5.74, 6) is -0.639.